The van der Waals surface area contributed by atoms with Gasteiger partial charge in [-0.15, -0.1) is 0 Å². The van der Waals surface area contributed by atoms with E-state index in [9.17, 15) is 4.79 Å². The number of nitriles is 1. The Hall–Kier alpha value is -2.38. The number of nitrogens with zero attached hydrogens (tertiary/aromatic N) is 3. The van der Waals surface area contributed by atoms with Crippen LogP contribution in [-0.2, 0) is 0 Å². The predicted molar refractivity (Wildman–Crippen MR) is 73.1 cm³/mol. The predicted octanol–water partition coefficient (Wildman–Crippen LogP) is 2.88. The van der Waals surface area contributed by atoms with Gasteiger partial charge in [0.2, 0.25) is 0 Å². The Labute approximate surface area is 115 Å². The van der Waals surface area contributed by atoms with Gasteiger partial charge in [-0.3, -0.25) is 9.78 Å². The number of anilines is 1. The fourth-order valence-corrected chi connectivity index (χ4v) is 1.81. The number of pyridine rings is 1. The second-order valence-corrected chi connectivity index (χ2v) is 4.29. The van der Waals surface area contributed by atoms with Crippen molar-refractivity contribution in [2.45, 2.75) is 0 Å². The summed E-state index contributed by atoms with van der Waals surface area (Å²) in [5.41, 5.74) is 1.63. The summed E-state index contributed by atoms with van der Waals surface area (Å²) in [6.45, 7) is 0. The average molecular weight is 272 g/mol. The monoisotopic (exact) mass is 271 g/mol. The number of carbonyl (C=O) groups is 1. The molecular weight excluding hydrogens is 262 g/mol. The quantitative estimate of drug-likeness (QED) is 0.844. The standard InChI is InChI=1S/C14H10ClN3O/c1-18(11-4-2-10(8-16)3-5-11)14(19)12-6-7-17-9-13(12)15/h2-7,9H,1H3. The molecule has 2 rings (SSSR count). The molecule has 0 fully saturated rings. The molecule has 0 N–H and O–H groups in total. The topological polar surface area (TPSA) is 57.0 Å². The largest absolute Gasteiger partial charge is 0.311 e. The van der Waals surface area contributed by atoms with E-state index in [1.165, 1.54) is 17.3 Å². The zero-order chi connectivity index (χ0) is 13.8. The summed E-state index contributed by atoms with van der Waals surface area (Å²) < 4.78 is 0. The van der Waals surface area contributed by atoms with E-state index in [-0.39, 0.29) is 5.91 Å². The number of benzene rings is 1. The number of amides is 1. The lowest BCUT2D eigenvalue weighted by atomic mass is 10.2. The minimum atomic E-state index is -0.225. The number of aromatic nitrogens is 1. The molecule has 0 saturated heterocycles. The van der Waals surface area contributed by atoms with Crippen molar-refractivity contribution in [1.82, 2.24) is 4.98 Å². The Morgan fingerprint density at radius 3 is 2.58 bits per heavy atom. The smallest absolute Gasteiger partial charge is 0.259 e. The maximum atomic E-state index is 12.3. The van der Waals surface area contributed by atoms with E-state index in [0.29, 0.717) is 21.8 Å². The van der Waals surface area contributed by atoms with Crippen LogP contribution in [0.1, 0.15) is 15.9 Å². The van der Waals surface area contributed by atoms with Gasteiger partial charge in [-0.1, -0.05) is 11.6 Å². The molecular formula is C14H10ClN3O. The SMILES string of the molecule is CN(C(=O)c1ccncc1Cl)c1ccc(C#N)cc1. The molecule has 0 aliphatic heterocycles. The van der Waals surface area contributed by atoms with Gasteiger partial charge in [0.05, 0.1) is 22.2 Å². The highest BCUT2D eigenvalue weighted by Gasteiger charge is 2.16. The molecule has 5 heteroatoms. The van der Waals surface area contributed by atoms with Crippen molar-refractivity contribution in [1.29, 1.82) is 5.26 Å². The Morgan fingerprint density at radius 1 is 1.32 bits per heavy atom. The molecule has 1 aromatic heterocycles. The van der Waals surface area contributed by atoms with Crippen molar-refractivity contribution in [3.05, 3.63) is 58.9 Å². The van der Waals surface area contributed by atoms with E-state index < -0.39 is 0 Å². The van der Waals surface area contributed by atoms with Crippen LogP contribution >= 0.6 is 11.6 Å². The summed E-state index contributed by atoms with van der Waals surface area (Å²) >= 11 is 5.95. The van der Waals surface area contributed by atoms with E-state index in [1.807, 2.05) is 6.07 Å². The van der Waals surface area contributed by atoms with Gasteiger partial charge in [-0.05, 0) is 30.3 Å². The summed E-state index contributed by atoms with van der Waals surface area (Å²) in [4.78, 5) is 17.6. The molecule has 0 aliphatic carbocycles. The van der Waals surface area contributed by atoms with Gasteiger partial charge >= 0.3 is 0 Å². The second-order valence-electron chi connectivity index (χ2n) is 3.88. The third kappa shape index (κ3) is 2.72. The van der Waals surface area contributed by atoms with E-state index in [2.05, 4.69) is 4.98 Å². The summed E-state index contributed by atoms with van der Waals surface area (Å²) in [5, 5.41) is 9.05. The van der Waals surface area contributed by atoms with Crippen molar-refractivity contribution < 1.29 is 4.79 Å². The van der Waals surface area contributed by atoms with Crippen molar-refractivity contribution >= 4 is 23.2 Å². The number of hydrogen-bond donors (Lipinski definition) is 0. The van der Waals surface area contributed by atoms with Gasteiger partial charge in [-0.25, -0.2) is 0 Å². The highest BCUT2D eigenvalue weighted by Crippen LogP contribution is 2.20. The lowest BCUT2D eigenvalue weighted by Crippen LogP contribution is -2.26. The third-order valence-electron chi connectivity index (χ3n) is 2.69. The van der Waals surface area contributed by atoms with Crippen LogP contribution in [0.5, 0.6) is 0 Å². The zero-order valence-electron chi connectivity index (χ0n) is 10.2. The molecule has 2 aromatic rings. The average Bonchev–Trinajstić information content (AvgIpc) is 2.46. The van der Waals surface area contributed by atoms with Crippen LogP contribution in [-0.4, -0.2) is 17.9 Å². The Morgan fingerprint density at radius 2 is 2.00 bits per heavy atom. The molecule has 4 nitrogen and oxygen atoms in total. The Balaban J connectivity index is 2.29. The summed E-state index contributed by atoms with van der Waals surface area (Å²) in [5.74, 6) is -0.225. The van der Waals surface area contributed by atoms with Gasteiger partial charge in [0.15, 0.2) is 0 Å². The molecule has 1 amide bonds. The van der Waals surface area contributed by atoms with Crippen molar-refractivity contribution in [3.63, 3.8) is 0 Å². The van der Waals surface area contributed by atoms with Crippen LogP contribution in [0.4, 0.5) is 5.69 Å². The van der Waals surface area contributed by atoms with Gasteiger partial charge in [0, 0.05) is 25.1 Å². The first-order chi connectivity index (χ1) is 9.13. The van der Waals surface area contributed by atoms with Gasteiger partial charge in [0.1, 0.15) is 0 Å². The third-order valence-corrected chi connectivity index (χ3v) is 2.99. The first-order valence-electron chi connectivity index (χ1n) is 5.51. The van der Waals surface area contributed by atoms with Crippen molar-refractivity contribution in [3.8, 4) is 6.07 Å². The maximum absolute atomic E-state index is 12.3. The van der Waals surface area contributed by atoms with Gasteiger partial charge in [-0.2, -0.15) is 5.26 Å². The minimum absolute atomic E-state index is 0.225. The molecule has 1 heterocycles. The van der Waals surface area contributed by atoms with Crippen LogP contribution in [0, 0.1) is 11.3 Å². The molecule has 0 atom stereocenters. The van der Waals surface area contributed by atoms with Crippen LogP contribution in [0.2, 0.25) is 5.02 Å². The molecule has 0 radical (unpaired) electrons. The fourth-order valence-electron chi connectivity index (χ4n) is 1.61. The fraction of sp³-hybridized carbons (Fsp3) is 0.0714. The van der Waals surface area contributed by atoms with Crippen molar-refractivity contribution in [2.75, 3.05) is 11.9 Å². The summed E-state index contributed by atoms with van der Waals surface area (Å²) in [6.07, 6.45) is 2.95. The summed E-state index contributed by atoms with van der Waals surface area (Å²) in [6, 6.07) is 10.4. The second kappa shape index (κ2) is 5.51. The lowest BCUT2D eigenvalue weighted by molar-refractivity contribution is 0.0993. The molecule has 94 valence electrons. The zero-order valence-corrected chi connectivity index (χ0v) is 10.9. The van der Waals surface area contributed by atoms with Crippen molar-refractivity contribution in [2.24, 2.45) is 0 Å². The number of halogens is 1. The molecule has 0 saturated carbocycles. The van der Waals surface area contributed by atoms with Crippen LogP contribution in [0.15, 0.2) is 42.7 Å². The molecule has 0 unspecified atom stereocenters. The number of rotatable bonds is 2. The first kappa shape index (κ1) is 13.1. The molecule has 0 spiro atoms. The van der Waals surface area contributed by atoms with E-state index in [0.717, 1.165) is 0 Å². The normalized spacial score (nSPS) is 9.74. The first-order valence-corrected chi connectivity index (χ1v) is 5.89. The maximum Gasteiger partial charge on any atom is 0.259 e. The molecule has 0 bridgehead atoms. The van der Waals surface area contributed by atoms with Gasteiger partial charge in [0.25, 0.3) is 5.91 Å². The van der Waals surface area contributed by atoms with E-state index in [1.54, 1.807) is 37.4 Å². The van der Waals surface area contributed by atoms with Crippen LogP contribution in [0.25, 0.3) is 0 Å². The Bertz CT molecular complexity index is 646. The lowest BCUT2D eigenvalue weighted by Gasteiger charge is -2.17. The van der Waals surface area contributed by atoms with Crippen LogP contribution in [0.3, 0.4) is 0 Å². The molecule has 0 aliphatic rings. The highest BCUT2D eigenvalue weighted by molar-refractivity contribution is 6.34. The summed E-state index contributed by atoms with van der Waals surface area (Å²) in [7, 11) is 1.65. The highest BCUT2D eigenvalue weighted by atomic mass is 35.5. The van der Waals surface area contributed by atoms with Crippen LogP contribution < -0.4 is 4.90 Å². The molecule has 1 aromatic carbocycles. The number of hydrogen-bond acceptors (Lipinski definition) is 3. The Kier molecular flexibility index (Phi) is 3.79. The molecule has 19 heavy (non-hydrogen) atoms. The van der Waals surface area contributed by atoms with Gasteiger partial charge < -0.3 is 4.90 Å². The number of carbonyl (C=O) groups excluding carboxylic acids is 1. The van der Waals surface area contributed by atoms with E-state index in [4.69, 9.17) is 16.9 Å². The van der Waals surface area contributed by atoms with E-state index >= 15 is 0 Å². The minimum Gasteiger partial charge on any atom is -0.311 e.